The second-order valence-electron chi connectivity index (χ2n) is 10.0. The summed E-state index contributed by atoms with van der Waals surface area (Å²) in [5, 5.41) is 11.1. The van der Waals surface area contributed by atoms with Crippen LogP contribution < -0.4 is 5.32 Å². The molecule has 0 spiro atoms. The second kappa shape index (κ2) is 9.83. The zero-order chi connectivity index (χ0) is 26.4. The number of pyridine rings is 1. The van der Waals surface area contributed by atoms with E-state index in [1.54, 1.807) is 25.3 Å². The highest BCUT2D eigenvalue weighted by Crippen LogP contribution is 2.38. The number of hydrogen-bond donors (Lipinski definition) is 1. The van der Waals surface area contributed by atoms with Gasteiger partial charge >= 0.3 is 6.03 Å². The Labute approximate surface area is 225 Å². The number of rotatable bonds is 3. The van der Waals surface area contributed by atoms with Crippen LogP contribution in [0.4, 0.5) is 4.79 Å². The molecular weight excluding hydrogens is 498 g/mol. The van der Waals surface area contributed by atoms with Crippen LogP contribution in [-0.4, -0.2) is 68.2 Å². The normalized spacial score (nSPS) is 16.1. The summed E-state index contributed by atoms with van der Waals surface area (Å²) in [4.78, 5) is 38.4. The van der Waals surface area contributed by atoms with Gasteiger partial charge in [-0.05, 0) is 31.2 Å². The zero-order valence-corrected chi connectivity index (χ0v) is 22.7. The minimum atomic E-state index is -0.0757. The van der Waals surface area contributed by atoms with Gasteiger partial charge in [-0.2, -0.15) is 5.10 Å². The maximum absolute atomic E-state index is 12.6. The van der Waals surface area contributed by atoms with Gasteiger partial charge in [-0.1, -0.05) is 18.2 Å². The number of hydrogen-bond acceptors (Lipinski definition) is 6. The van der Waals surface area contributed by atoms with E-state index in [-0.39, 0.29) is 18.0 Å². The fourth-order valence-electron chi connectivity index (χ4n) is 5.71. The van der Waals surface area contributed by atoms with Crippen LogP contribution in [0.5, 0.6) is 0 Å². The molecule has 6 rings (SSSR count). The Morgan fingerprint density at radius 3 is 2.61 bits per heavy atom. The molecule has 0 atom stereocenters. The summed E-state index contributed by atoms with van der Waals surface area (Å²) in [7, 11) is 1.67. The number of aromatic nitrogens is 4. The number of nitrogens with one attached hydrogen (secondary N) is 1. The summed E-state index contributed by atoms with van der Waals surface area (Å²) in [6.45, 7) is 6.28. The predicted octanol–water partition coefficient (Wildman–Crippen LogP) is 4.41. The standard InChI is InChI=1S/C28H31N7O2S/c1-17-30-15-26(38-17)24-13-19-5-4-6-21(22(19)14-31-24)27-23-16-34(28(37)29-3)12-9-25(23)35(32-27)20-7-10-33(11-8-20)18(2)36/h4-6,13-15,20H,7-12,16H2,1-3H3,(H,29,37). The van der Waals surface area contributed by atoms with Gasteiger partial charge in [0.25, 0.3) is 0 Å². The smallest absolute Gasteiger partial charge is 0.317 e. The van der Waals surface area contributed by atoms with Gasteiger partial charge < -0.3 is 15.1 Å². The molecule has 5 heterocycles. The number of fused-ring (bicyclic) bond motifs is 2. The first-order valence-electron chi connectivity index (χ1n) is 13.1. The van der Waals surface area contributed by atoms with Gasteiger partial charge in [0.15, 0.2) is 0 Å². The van der Waals surface area contributed by atoms with E-state index in [9.17, 15) is 9.59 Å². The molecule has 3 amide bonds. The summed E-state index contributed by atoms with van der Waals surface area (Å²) in [5.74, 6) is 0.129. The lowest BCUT2D eigenvalue weighted by atomic mass is 9.97. The van der Waals surface area contributed by atoms with Crippen molar-refractivity contribution < 1.29 is 9.59 Å². The van der Waals surface area contributed by atoms with Crippen LogP contribution in [-0.2, 0) is 17.8 Å². The molecule has 0 saturated carbocycles. The minimum absolute atomic E-state index is 0.0757. The monoisotopic (exact) mass is 529 g/mol. The highest BCUT2D eigenvalue weighted by molar-refractivity contribution is 7.15. The van der Waals surface area contributed by atoms with Crippen molar-refractivity contribution in [3.8, 4) is 21.8 Å². The van der Waals surface area contributed by atoms with E-state index in [0.717, 1.165) is 75.5 Å². The Balaban J connectivity index is 1.43. The molecule has 9 nitrogen and oxygen atoms in total. The molecule has 2 aliphatic heterocycles. The first-order chi connectivity index (χ1) is 18.4. The van der Waals surface area contributed by atoms with E-state index in [1.807, 2.05) is 29.1 Å². The molecule has 2 aliphatic rings. The van der Waals surface area contributed by atoms with E-state index in [2.05, 4.69) is 39.2 Å². The van der Waals surface area contributed by atoms with Crippen molar-refractivity contribution in [2.75, 3.05) is 26.7 Å². The molecule has 0 radical (unpaired) electrons. The molecule has 0 unspecified atom stereocenters. The van der Waals surface area contributed by atoms with Crippen LogP contribution in [0.15, 0.2) is 36.7 Å². The number of nitrogens with zero attached hydrogens (tertiary/aromatic N) is 6. The lowest BCUT2D eigenvalue weighted by Gasteiger charge is -2.33. The molecule has 3 aromatic heterocycles. The Hall–Kier alpha value is -3.79. The Morgan fingerprint density at radius 2 is 1.89 bits per heavy atom. The number of likely N-dealkylation sites (tertiary alicyclic amines) is 1. The first-order valence-corrected chi connectivity index (χ1v) is 13.9. The van der Waals surface area contributed by atoms with Crippen molar-refractivity contribution in [1.82, 2.24) is 34.9 Å². The Kier molecular flexibility index (Phi) is 6.35. The van der Waals surface area contributed by atoms with Gasteiger partial charge in [0.2, 0.25) is 5.91 Å². The summed E-state index contributed by atoms with van der Waals surface area (Å²) in [6.07, 6.45) is 6.31. The van der Waals surface area contributed by atoms with Gasteiger partial charge in [-0.25, -0.2) is 9.78 Å². The summed E-state index contributed by atoms with van der Waals surface area (Å²) < 4.78 is 2.20. The quantitative estimate of drug-likeness (QED) is 0.424. The number of aryl methyl sites for hydroxylation is 1. The van der Waals surface area contributed by atoms with Crippen molar-refractivity contribution in [3.05, 3.63) is 52.9 Å². The maximum atomic E-state index is 12.6. The van der Waals surface area contributed by atoms with Gasteiger partial charge in [0, 0.05) is 74.6 Å². The average Bonchev–Trinajstić information content (AvgIpc) is 3.55. The third-order valence-electron chi connectivity index (χ3n) is 7.74. The van der Waals surface area contributed by atoms with E-state index < -0.39 is 0 Å². The third kappa shape index (κ3) is 4.32. The van der Waals surface area contributed by atoms with E-state index in [0.29, 0.717) is 13.1 Å². The molecule has 1 saturated heterocycles. The number of thiazole rings is 1. The lowest BCUT2D eigenvalue weighted by Crippen LogP contribution is -2.42. The van der Waals surface area contributed by atoms with Crippen LogP contribution >= 0.6 is 11.3 Å². The van der Waals surface area contributed by atoms with Crippen molar-refractivity contribution in [2.45, 2.75) is 45.7 Å². The van der Waals surface area contributed by atoms with Crippen LogP contribution in [0.1, 0.15) is 42.1 Å². The minimum Gasteiger partial charge on any atom is -0.343 e. The molecular formula is C28H31N7O2S. The fourth-order valence-corrected chi connectivity index (χ4v) is 6.46. The van der Waals surface area contributed by atoms with Gasteiger partial charge in [-0.15, -0.1) is 11.3 Å². The third-order valence-corrected chi connectivity index (χ3v) is 8.67. The number of amides is 3. The molecule has 4 aromatic rings. The lowest BCUT2D eigenvalue weighted by molar-refractivity contribution is -0.130. The number of piperidine rings is 1. The van der Waals surface area contributed by atoms with E-state index in [4.69, 9.17) is 10.1 Å². The van der Waals surface area contributed by atoms with Crippen LogP contribution in [0, 0.1) is 6.92 Å². The average molecular weight is 530 g/mol. The summed E-state index contributed by atoms with van der Waals surface area (Å²) >= 11 is 1.64. The Bertz CT molecular complexity index is 1530. The topological polar surface area (TPSA) is 96.2 Å². The number of carbonyl (C=O) groups is 2. The summed E-state index contributed by atoms with van der Waals surface area (Å²) in [6, 6.07) is 8.54. The predicted molar refractivity (Wildman–Crippen MR) is 148 cm³/mol. The highest BCUT2D eigenvalue weighted by Gasteiger charge is 2.32. The summed E-state index contributed by atoms with van der Waals surface area (Å²) in [5.41, 5.74) is 5.15. The van der Waals surface area contributed by atoms with E-state index in [1.165, 1.54) is 5.69 Å². The van der Waals surface area contributed by atoms with Crippen molar-refractivity contribution >= 4 is 34.0 Å². The van der Waals surface area contributed by atoms with Crippen LogP contribution in [0.2, 0.25) is 0 Å². The first kappa shape index (κ1) is 24.5. The second-order valence-corrected chi connectivity index (χ2v) is 11.3. The molecule has 1 N–H and O–H groups in total. The zero-order valence-electron chi connectivity index (χ0n) is 21.9. The van der Waals surface area contributed by atoms with Gasteiger partial charge in [0.05, 0.1) is 33.9 Å². The van der Waals surface area contributed by atoms with Crippen LogP contribution in [0.3, 0.4) is 0 Å². The van der Waals surface area contributed by atoms with Crippen LogP contribution in [0.25, 0.3) is 32.6 Å². The number of urea groups is 1. The largest absolute Gasteiger partial charge is 0.343 e. The van der Waals surface area contributed by atoms with Gasteiger partial charge in [-0.3, -0.25) is 14.5 Å². The highest BCUT2D eigenvalue weighted by atomic mass is 32.1. The van der Waals surface area contributed by atoms with Crippen molar-refractivity contribution in [2.24, 2.45) is 0 Å². The molecule has 38 heavy (non-hydrogen) atoms. The maximum Gasteiger partial charge on any atom is 0.317 e. The molecule has 0 bridgehead atoms. The molecule has 1 fully saturated rings. The molecule has 1 aromatic carbocycles. The number of benzene rings is 1. The van der Waals surface area contributed by atoms with Crippen molar-refractivity contribution in [3.63, 3.8) is 0 Å². The Morgan fingerprint density at radius 1 is 1.08 bits per heavy atom. The van der Waals surface area contributed by atoms with Gasteiger partial charge in [0.1, 0.15) is 0 Å². The number of carbonyl (C=O) groups excluding carboxylic acids is 2. The molecule has 196 valence electrons. The van der Waals surface area contributed by atoms with E-state index >= 15 is 0 Å². The SMILES string of the molecule is CNC(=O)N1CCc2c(c(-c3cccc4cc(-c5cnc(C)s5)ncc34)nn2C2CCN(C(C)=O)CC2)C1. The van der Waals surface area contributed by atoms with Crippen molar-refractivity contribution in [1.29, 1.82) is 0 Å². The fraction of sp³-hybridized carbons (Fsp3) is 0.393. The molecule has 10 heteroatoms. The molecule has 0 aliphatic carbocycles.